The lowest BCUT2D eigenvalue weighted by Crippen LogP contribution is -1.87. The highest BCUT2D eigenvalue weighted by molar-refractivity contribution is 5.80. The largest absolute Gasteiger partial charge is 0.457 e. The van der Waals surface area contributed by atoms with Crippen LogP contribution in [0.15, 0.2) is 95.2 Å². The lowest BCUT2D eigenvalue weighted by atomic mass is 10.2. The van der Waals surface area contributed by atoms with Gasteiger partial charge in [-0.2, -0.15) is 0 Å². The Bertz CT molecular complexity index is 1120. The van der Waals surface area contributed by atoms with Crippen molar-refractivity contribution in [2.45, 2.75) is 13.8 Å². The summed E-state index contributed by atoms with van der Waals surface area (Å²) in [5.41, 5.74) is 5.66. The molecular formula is C26H22N4O. The van der Waals surface area contributed by atoms with E-state index in [-0.39, 0.29) is 0 Å². The molecule has 0 radical (unpaired) electrons. The van der Waals surface area contributed by atoms with E-state index in [1.165, 1.54) is 0 Å². The average Bonchev–Trinajstić information content (AvgIpc) is 2.78. The molecule has 0 saturated heterocycles. The van der Waals surface area contributed by atoms with Crippen LogP contribution in [0.5, 0.6) is 11.5 Å². The van der Waals surface area contributed by atoms with Crippen molar-refractivity contribution in [3.8, 4) is 11.5 Å². The molecule has 0 aliphatic carbocycles. The molecule has 0 atom stereocenters. The summed E-state index contributed by atoms with van der Waals surface area (Å²) in [5, 5.41) is 0. The van der Waals surface area contributed by atoms with Crippen LogP contribution >= 0.6 is 0 Å². The maximum Gasteiger partial charge on any atom is 0.127 e. The number of benzene rings is 2. The predicted octanol–water partition coefficient (Wildman–Crippen LogP) is 6.39. The second kappa shape index (κ2) is 9.59. The summed E-state index contributed by atoms with van der Waals surface area (Å²) in [6, 6.07) is 23.1. The Kier molecular flexibility index (Phi) is 6.24. The highest BCUT2D eigenvalue weighted by Gasteiger charge is 1.99. The summed E-state index contributed by atoms with van der Waals surface area (Å²) in [7, 11) is 0. The van der Waals surface area contributed by atoms with Gasteiger partial charge >= 0.3 is 0 Å². The molecule has 5 nitrogen and oxygen atoms in total. The Morgan fingerprint density at radius 3 is 1.42 bits per heavy atom. The normalized spacial score (nSPS) is 11.3. The third kappa shape index (κ3) is 5.93. The molecule has 2 aromatic carbocycles. The van der Waals surface area contributed by atoms with E-state index in [0.717, 1.165) is 45.4 Å². The fraction of sp³-hybridized carbons (Fsp3) is 0.0769. The van der Waals surface area contributed by atoms with E-state index in [2.05, 4.69) is 20.0 Å². The van der Waals surface area contributed by atoms with E-state index in [0.29, 0.717) is 0 Å². The summed E-state index contributed by atoms with van der Waals surface area (Å²) in [4.78, 5) is 17.5. The van der Waals surface area contributed by atoms with E-state index < -0.39 is 0 Å². The number of hydrogen-bond acceptors (Lipinski definition) is 5. The molecule has 0 aliphatic heterocycles. The summed E-state index contributed by atoms with van der Waals surface area (Å²) < 4.78 is 5.92. The monoisotopic (exact) mass is 406 g/mol. The third-order valence-corrected chi connectivity index (χ3v) is 4.47. The Morgan fingerprint density at radius 2 is 1.03 bits per heavy atom. The second-order valence-corrected chi connectivity index (χ2v) is 7.12. The van der Waals surface area contributed by atoms with E-state index in [1.54, 1.807) is 24.8 Å². The van der Waals surface area contributed by atoms with Gasteiger partial charge in [0.2, 0.25) is 0 Å². The van der Waals surface area contributed by atoms with Crippen LogP contribution in [0.1, 0.15) is 22.5 Å². The van der Waals surface area contributed by atoms with Gasteiger partial charge in [0.25, 0.3) is 0 Å². The Hall–Kier alpha value is -4.12. The van der Waals surface area contributed by atoms with Crippen molar-refractivity contribution in [2.24, 2.45) is 9.98 Å². The van der Waals surface area contributed by atoms with Crippen molar-refractivity contribution in [2.75, 3.05) is 0 Å². The molecule has 0 fully saturated rings. The first kappa shape index (κ1) is 20.2. The first-order valence-corrected chi connectivity index (χ1v) is 9.95. The summed E-state index contributed by atoms with van der Waals surface area (Å²) in [6.07, 6.45) is 7.08. The zero-order valence-electron chi connectivity index (χ0n) is 17.4. The smallest absolute Gasteiger partial charge is 0.127 e. The van der Waals surface area contributed by atoms with Crippen LogP contribution in [0, 0.1) is 13.8 Å². The van der Waals surface area contributed by atoms with Crippen LogP contribution in [0.3, 0.4) is 0 Å². The molecule has 2 aromatic heterocycles. The molecule has 0 spiro atoms. The van der Waals surface area contributed by atoms with Crippen molar-refractivity contribution < 1.29 is 4.74 Å². The number of aromatic nitrogens is 2. The van der Waals surface area contributed by atoms with Crippen molar-refractivity contribution in [3.05, 3.63) is 108 Å². The molecule has 4 aromatic rings. The van der Waals surface area contributed by atoms with Crippen LogP contribution in [0.2, 0.25) is 0 Å². The first-order chi connectivity index (χ1) is 15.1. The minimum absolute atomic E-state index is 0.743. The van der Waals surface area contributed by atoms with Gasteiger partial charge in [-0.25, -0.2) is 0 Å². The Labute approximate surface area is 181 Å². The third-order valence-electron chi connectivity index (χ3n) is 4.47. The summed E-state index contributed by atoms with van der Waals surface area (Å²) in [6.45, 7) is 4.07. The van der Waals surface area contributed by atoms with Crippen LogP contribution in [0.4, 0.5) is 11.4 Å². The molecule has 5 heteroatoms. The molecule has 2 heterocycles. The first-order valence-electron chi connectivity index (χ1n) is 9.95. The second-order valence-electron chi connectivity index (χ2n) is 7.12. The standard InChI is InChI=1S/C26H22N4O/c1-19-11-13-27-23(15-19)17-29-21-3-7-25(8-4-21)31-26-9-5-22(6-10-26)30-18-24-16-20(2)12-14-28-24/h3-18H,1-2H3. The fourth-order valence-electron chi connectivity index (χ4n) is 2.88. The molecule has 0 aliphatic rings. The van der Waals surface area contributed by atoms with Crippen LogP contribution in [0.25, 0.3) is 0 Å². The summed E-state index contributed by atoms with van der Waals surface area (Å²) >= 11 is 0. The van der Waals surface area contributed by atoms with Crippen molar-refractivity contribution in [1.29, 1.82) is 0 Å². The molecule has 152 valence electrons. The molecule has 4 rings (SSSR count). The highest BCUT2D eigenvalue weighted by atomic mass is 16.5. The van der Waals surface area contributed by atoms with E-state index in [4.69, 9.17) is 4.74 Å². The van der Waals surface area contributed by atoms with Gasteiger partial charge in [0.15, 0.2) is 0 Å². The molecule has 0 N–H and O–H groups in total. The molecule has 0 amide bonds. The average molecular weight is 406 g/mol. The lowest BCUT2D eigenvalue weighted by molar-refractivity contribution is 0.483. The SMILES string of the molecule is Cc1ccnc(C=Nc2ccc(Oc3ccc(N=Cc4cc(C)ccn4)cc3)cc2)c1. The number of hydrogen-bond donors (Lipinski definition) is 0. The van der Waals surface area contributed by atoms with Crippen LogP contribution < -0.4 is 4.74 Å². The number of aryl methyl sites for hydroxylation is 2. The van der Waals surface area contributed by atoms with Gasteiger partial charge in [0.1, 0.15) is 11.5 Å². The van der Waals surface area contributed by atoms with Crippen LogP contribution in [-0.4, -0.2) is 22.4 Å². The van der Waals surface area contributed by atoms with Crippen molar-refractivity contribution >= 4 is 23.8 Å². The topological polar surface area (TPSA) is 59.7 Å². The maximum atomic E-state index is 5.92. The molecule has 31 heavy (non-hydrogen) atoms. The fourth-order valence-corrected chi connectivity index (χ4v) is 2.88. The molecular weight excluding hydrogens is 384 g/mol. The van der Waals surface area contributed by atoms with Crippen molar-refractivity contribution in [1.82, 2.24) is 9.97 Å². The molecule has 0 unspecified atom stereocenters. The maximum absolute atomic E-state index is 5.92. The summed E-state index contributed by atoms with van der Waals surface area (Å²) in [5.74, 6) is 1.49. The van der Waals surface area contributed by atoms with Gasteiger partial charge in [-0.05, 0) is 97.8 Å². The zero-order chi connectivity index (χ0) is 21.5. The number of aliphatic imine (C=N–C) groups is 2. The Balaban J connectivity index is 1.37. The lowest BCUT2D eigenvalue weighted by Gasteiger charge is -2.06. The number of rotatable bonds is 6. The minimum Gasteiger partial charge on any atom is -0.457 e. The minimum atomic E-state index is 0.743. The van der Waals surface area contributed by atoms with E-state index >= 15 is 0 Å². The predicted molar refractivity (Wildman–Crippen MR) is 125 cm³/mol. The van der Waals surface area contributed by atoms with Gasteiger partial charge in [-0.15, -0.1) is 0 Å². The molecule has 0 bridgehead atoms. The van der Waals surface area contributed by atoms with Gasteiger partial charge in [-0.3, -0.25) is 20.0 Å². The van der Waals surface area contributed by atoms with E-state index in [1.807, 2.05) is 86.6 Å². The quantitative estimate of drug-likeness (QED) is 0.349. The highest BCUT2D eigenvalue weighted by Crippen LogP contribution is 2.26. The molecule has 0 saturated carbocycles. The number of ether oxygens (including phenoxy) is 1. The van der Waals surface area contributed by atoms with Gasteiger partial charge in [0, 0.05) is 12.4 Å². The van der Waals surface area contributed by atoms with Gasteiger partial charge < -0.3 is 4.74 Å². The zero-order valence-corrected chi connectivity index (χ0v) is 17.4. The van der Waals surface area contributed by atoms with Crippen LogP contribution in [-0.2, 0) is 0 Å². The van der Waals surface area contributed by atoms with Gasteiger partial charge in [0.05, 0.1) is 35.2 Å². The Morgan fingerprint density at radius 1 is 0.613 bits per heavy atom. The van der Waals surface area contributed by atoms with Gasteiger partial charge in [-0.1, -0.05) is 0 Å². The van der Waals surface area contributed by atoms with Crippen molar-refractivity contribution in [3.63, 3.8) is 0 Å². The number of pyridine rings is 2. The number of nitrogens with zero attached hydrogens (tertiary/aromatic N) is 4. The van der Waals surface area contributed by atoms with E-state index in [9.17, 15) is 0 Å².